The van der Waals surface area contributed by atoms with Gasteiger partial charge in [0, 0.05) is 17.8 Å². The first-order valence-corrected chi connectivity index (χ1v) is 8.26. The summed E-state index contributed by atoms with van der Waals surface area (Å²) in [6.45, 7) is 4.59. The lowest BCUT2D eigenvalue weighted by atomic mass is 9.58. The third-order valence-corrected chi connectivity index (χ3v) is 6.54. The smallest absolute Gasteiger partial charge is 0.167 e. The summed E-state index contributed by atoms with van der Waals surface area (Å²) >= 11 is 0. The Labute approximate surface area is 130 Å². The standard InChI is InChI=1S/C18H21NO3/c1-2-10-19-11-5-6-12(20)16-15(11)17-9-7-13(19)18(17,21)8-3-4-14(17)22-16/h2,5-6,13-14,20-21H,1,3-4,7-10H2/t13?,14-,17+,18+/m0/s1. The molecule has 0 saturated heterocycles. The van der Waals surface area contributed by atoms with Crippen molar-refractivity contribution in [1.29, 1.82) is 0 Å². The van der Waals surface area contributed by atoms with Crippen molar-refractivity contribution in [1.82, 2.24) is 0 Å². The molecule has 2 saturated carbocycles. The summed E-state index contributed by atoms with van der Waals surface area (Å²) in [7, 11) is 0. The monoisotopic (exact) mass is 299 g/mol. The van der Waals surface area contributed by atoms with E-state index in [2.05, 4.69) is 11.5 Å². The van der Waals surface area contributed by atoms with Crippen molar-refractivity contribution in [2.75, 3.05) is 11.4 Å². The number of anilines is 1. The predicted molar refractivity (Wildman–Crippen MR) is 83.6 cm³/mol. The van der Waals surface area contributed by atoms with Crippen LogP contribution in [0.1, 0.15) is 37.7 Å². The van der Waals surface area contributed by atoms with Crippen molar-refractivity contribution >= 4 is 5.69 Å². The third kappa shape index (κ3) is 1.11. The zero-order chi connectivity index (χ0) is 15.1. The molecule has 2 aliphatic carbocycles. The van der Waals surface area contributed by atoms with E-state index in [1.54, 1.807) is 6.07 Å². The van der Waals surface area contributed by atoms with Crippen molar-refractivity contribution in [3.05, 3.63) is 30.4 Å². The molecule has 1 aromatic carbocycles. The highest BCUT2D eigenvalue weighted by atomic mass is 16.5. The topological polar surface area (TPSA) is 52.9 Å². The summed E-state index contributed by atoms with van der Waals surface area (Å²) in [6, 6.07) is 3.83. The lowest BCUT2D eigenvalue weighted by Gasteiger charge is -2.55. The minimum absolute atomic E-state index is 0.00387. The number of phenolic OH excluding ortho intramolecular Hbond substituents is 1. The molecular formula is C18H21NO3. The molecular weight excluding hydrogens is 278 g/mol. The van der Waals surface area contributed by atoms with Crippen LogP contribution >= 0.6 is 0 Å². The normalized spacial score (nSPS) is 40.3. The van der Waals surface area contributed by atoms with E-state index in [4.69, 9.17) is 4.74 Å². The quantitative estimate of drug-likeness (QED) is 0.824. The molecule has 0 radical (unpaired) electrons. The highest BCUT2D eigenvalue weighted by Crippen LogP contribution is 2.69. The Morgan fingerprint density at radius 3 is 3.05 bits per heavy atom. The van der Waals surface area contributed by atoms with Crippen LogP contribution in [0.25, 0.3) is 0 Å². The molecule has 2 aliphatic heterocycles. The maximum Gasteiger partial charge on any atom is 0.167 e. The number of phenols is 1. The van der Waals surface area contributed by atoms with E-state index in [1.165, 1.54) is 0 Å². The number of hydrogen-bond acceptors (Lipinski definition) is 4. The maximum absolute atomic E-state index is 11.7. The minimum Gasteiger partial charge on any atom is -0.504 e. The molecule has 4 nitrogen and oxygen atoms in total. The van der Waals surface area contributed by atoms with Gasteiger partial charge >= 0.3 is 0 Å². The first-order valence-electron chi connectivity index (χ1n) is 8.26. The van der Waals surface area contributed by atoms with E-state index in [-0.39, 0.29) is 23.3 Å². The molecule has 0 aromatic heterocycles. The average Bonchev–Trinajstić information content (AvgIpc) is 2.95. The van der Waals surface area contributed by atoms with Crippen molar-refractivity contribution in [3.63, 3.8) is 0 Å². The van der Waals surface area contributed by atoms with Crippen LogP contribution in [0.5, 0.6) is 11.5 Å². The van der Waals surface area contributed by atoms with Gasteiger partial charge in [-0.25, -0.2) is 0 Å². The Morgan fingerprint density at radius 2 is 2.23 bits per heavy atom. The van der Waals surface area contributed by atoms with E-state index in [0.717, 1.165) is 43.4 Å². The van der Waals surface area contributed by atoms with Gasteiger partial charge in [-0.2, -0.15) is 0 Å². The predicted octanol–water partition coefficient (Wildman–Crippen LogP) is 2.47. The molecule has 22 heavy (non-hydrogen) atoms. The van der Waals surface area contributed by atoms with Crippen LogP contribution in [0.3, 0.4) is 0 Å². The summed E-state index contributed by atoms with van der Waals surface area (Å²) in [5, 5.41) is 22.0. The Bertz CT molecular complexity index is 687. The number of rotatable bonds is 2. The molecule has 116 valence electrons. The van der Waals surface area contributed by atoms with Gasteiger partial charge in [0.25, 0.3) is 0 Å². The molecule has 1 unspecified atom stereocenters. The fourth-order valence-corrected chi connectivity index (χ4v) is 5.85. The largest absolute Gasteiger partial charge is 0.504 e. The van der Waals surface area contributed by atoms with Gasteiger partial charge in [-0.15, -0.1) is 6.58 Å². The van der Waals surface area contributed by atoms with Crippen LogP contribution in [-0.4, -0.2) is 34.5 Å². The number of nitrogens with zero attached hydrogens (tertiary/aromatic N) is 1. The number of ether oxygens (including phenoxy) is 1. The minimum atomic E-state index is -0.745. The maximum atomic E-state index is 11.7. The zero-order valence-corrected chi connectivity index (χ0v) is 12.6. The van der Waals surface area contributed by atoms with Crippen molar-refractivity contribution < 1.29 is 14.9 Å². The van der Waals surface area contributed by atoms with E-state index >= 15 is 0 Å². The number of benzene rings is 1. The van der Waals surface area contributed by atoms with Gasteiger partial charge < -0.3 is 19.8 Å². The lowest BCUT2D eigenvalue weighted by molar-refractivity contribution is -0.0970. The second-order valence-electron chi connectivity index (χ2n) is 7.20. The molecule has 4 heteroatoms. The van der Waals surface area contributed by atoms with Crippen LogP contribution in [0, 0.1) is 0 Å². The average molecular weight is 299 g/mol. The number of aromatic hydroxyl groups is 1. The van der Waals surface area contributed by atoms with Crippen molar-refractivity contribution in [2.24, 2.45) is 0 Å². The van der Waals surface area contributed by atoms with Crippen molar-refractivity contribution in [3.8, 4) is 11.5 Å². The Balaban J connectivity index is 1.86. The molecule has 5 rings (SSSR count). The third-order valence-electron chi connectivity index (χ3n) is 6.54. The summed E-state index contributed by atoms with van der Waals surface area (Å²) in [5.74, 6) is 0.811. The lowest BCUT2D eigenvalue weighted by Crippen LogP contribution is -2.67. The summed E-state index contributed by atoms with van der Waals surface area (Å²) in [5.41, 5.74) is 1.10. The first kappa shape index (κ1) is 12.8. The highest BCUT2D eigenvalue weighted by molar-refractivity contribution is 5.74. The van der Waals surface area contributed by atoms with Gasteiger partial charge in [-0.05, 0) is 44.2 Å². The van der Waals surface area contributed by atoms with Gasteiger partial charge in [0.05, 0.1) is 17.1 Å². The first-order chi connectivity index (χ1) is 10.6. The van der Waals surface area contributed by atoms with Gasteiger partial charge in [0.2, 0.25) is 0 Å². The molecule has 2 fully saturated rings. The molecule has 1 aromatic rings. The second-order valence-corrected chi connectivity index (χ2v) is 7.20. The van der Waals surface area contributed by atoms with Gasteiger partial charge in [-0.3, -0.25) is 0 Å². The van der Waals surface area contributed by atoms with Crippen LogP contribution in [-0.2, 0) is 5.41 Å². The van der Waals surface area contributed by atoms with Crippen molar-refractivity contribution in [2.45, 2.75) is 55.3 Å². The fourth-order valence-electron chi connectivity index (χ4n) is 5.85. The second kappa shape index (κ2) is 3.80. The summed E-state index contributed by atoms with van der Waals surface area (Å²) in [6.07, 6.45) is 6.57. The van der Waals surface area contributed by atoms with Crippen LogP contribution in [0.2, 0.25) is 0 Å². The molecule has 1 spiro atoms. The van der Waals surface area contributed by atoms with E-state index in [0.29, 0.717) is 12.3 Å². The van der Waals surface area contributed by atoms with Gasteiger partial charge in [0.15, 0.2) is 11.5 Å². The molecule has 2 bridgehead atoms. The van der Waals surface area contributed by atoms with Gasteiger partial charge in [-0.1, -0.05) is 6.08 Å². The van der Waals surface area contributed by atoms with E-state index < -0.39 is 5.60 Å². The van der Waals surface area contributed by atoms with Crippen LogP contribution < -0.4 is 9.64 Å². The highest BCUT2D eigenvalue weighted by Gasteiger charge is 2.73. The van der Waals surface area contributed by atoms with Crippen LogP contribution in [0.4, 0.5) is 5.69 Å². The Morgan fingerprint density at radius 1 is 1.36 bits per heavy atom. The molecule has 2 N–H and O–H groups in total. The van der Waals surface area contributed by atoms with E-state index in [9.17, 15) is 10.2 Å². The molecule has 4 aliphatic rings. The van der Waals surface area contributed by atoms with Crippen LogP contribution in [0.15, 0.2) is 24.8 Å². The molecule has 4 atom stereocenters. The van der Waals surface area contributed by atoms with Gasteiger partial charge in [0.1, 0.15) is 6.10 Å². The fraction of sp³-hybridized carbons (Fsp3) is 0.556. The number of aliphatic hydroxyl groups is 1. The Hall–Kier alpha value is -1.68. The SMILES string of the molecule is C=CCN1c2ccc(O)c3c2[C@]24CCC1[C@]2(O)CCC[C@@H]4O3. The molecule has 0 amide bonds. The molecule has 2 heterocycles. The summed E-state index contributed by atoms with van der Waals surface area (Å²) < 4.78 is 6.18. The number of hydrogen-bond donors (Lipinski definition) is 2. The zero-order valence-electron chi connectivity index (χ0n) is 12.6. The Kier molecular flexibility index (Phi) is 2.21. The van der Waals surface area contributed by atoms with E-state index in [1.807, 2.05) is 12.1 Å². The summed E-state index contributed by atoms with van der Waals surface area (Å²) in [4.78, 5) is 2.27.